The summed E-state index contributed by atoms with van der Waals surface area (Å²) in [7, 11) is -4.12. The Bertz CT molecular complexity index is 1540. The van der Waals surface area contributed by atoms with Crippen LogP contribution in [0.2, 0.25) is 0 Å². The van der Waals surface area contributed by atoms with Crippen LogP contribution in [0.4, 0.5) is 0 Å². The van der Waals surface area contributed by atoms with Crippen molar-refractivity contribution in [2.24, 2.45) is 0 Å². The summed E-state index contributed by atoms with van der Waals surface area (Å²) in [6, 6.07) is 25.9. The van der Waals surface area contributed by atoms with Crippen molar-refractivity contribution in [3.05, 3.63) is 132 Å². The molecule has 0 aliphatic heterocycles. The summed E-state index contributed by atoms with van der Waals surface area (Å²) in [4.78, 5) is 24.7. The van der Waals surface area contributed by atoms with Crippen LogP contribution in [0, 0.1) is 0 Å². The first kappa shape index (κ1) is 28.8. The topological polar surface area (TPSA) is 111 Å². The highest BCUT2D eigenvalue weighted by Gasteiger charge is 2.26. The quantitative estimate of drug-likeness (QED) is 0.223. The number of carbonyl (C=O) groups excluding carboxylic acids is 2. The van der Waals surface area contributed by atoms with E-state index in [0.29, 0.717) is 11.1 Å². The van der Waals surface area contributed by atoms with Crippen LogP contribution < -0.4 is 20.1 Å². The molecule has 0 unspecified atom stereocenters. The smallest absolute Gasteiger partial charge is 0.253 e. The maximum atomic E-state index is 13.7. The molecular formula is C32H28N2O6S. The van der Waals surface area contributed by atoms with E-state index in [-0.39, 0.29) is 46.6 Å². The lowest BCUT2D eigenvalue weighted by Gasteiger charge is -2.15. The minimum atomic E-state index is -4.12. The second-order valence-corrected chi connectivity index (χ2v) is 10.5. The summed E-state index contributed by atoms with van der Waals surface area (Å²) in [5.41, 5.74) is 2.60. The van der Waals surface area contributed by atoms with Gasteiger partial charge in [-0.2, -0.15) is 0 Å². The van der Waals surface area contributed by atoms with E-state index in [1.807, 2.05) is 0 Å². The van der Waals surface area contributed by atoms with E-state index in [2.05, 4.69) is 23.8 Å². The van der Waals surface area contributed by atoms with Crippen molar-refractivity contribution in [3.63, 3.8) is 0 Å². The van der Waals surface area contributed by atoms with Crippen molar-refractivity contribution in [2.45, 2.75) is 9.79 Å². The zero-order valence-corrected chi connectivity index (χ0v) is 22.9. The Morgan fingerprint density at radius 3 is 1.34 bits per heavy atom. The van der Waals surface area contributed by atoms with Crippen molar-refractivity contribution in [2.75, 3.05) is 13.5 Å². The third-order valence-electron chi connectivity index (χ3n) is 6.02. The van der Waals surface area contributed by atoms with Crippen LogP contribution in [-0.4, -0.2) is 33.7 Å². The monoisotopic (exact) mass is 568 g/mol. The van der Waals surface area contributed by atoms with Crippen molar-refractivity contribution < 1.29 is 27.5 Å². The second-order valence-electron chi connectivity index (χ2n) is 8.64. The number of para-hydroxylation sites is 2. The summed E-state index contributed by atoms with van der Waals surface area (Å²) in [5, 5.41) is 5.24. The Morgan fingerprint density at radius 1 is 0.610 bits per heavy atom. The van der Waals surface area contributed by atoms with Crippen molar-refractivity contribution in [1.29, 1.82) is 0 Å². The predicted octanol–water partition coefficient (Wildman–Crippen LogP) is 5.34. The number of hydrogen-bond donors (Lipinski definition) is 2. The van der Waals surface area contributed by atoms with E-state index in [9.17, 15) is 18.0 Å². The molecule has 0 radical (unpaired) electrons. The molecule has 0 atom stereocenters. The lowest BCUT2D eigenvalue weighted by atomic mass is 10.1. The number of sulfone groups is 1. The van der Waals surface area contributed by atoms with Gasteiger partial charge in [-0.3, -0.25) is 9.59 Å². The molecule has 0 fully saturated rings. The minimum Gasteiger partial charge on any atom is -0.472 e. The van der Waals surface area contributed by atoms with E-state index >= 15 is 0 Å². The summed E-state index contributed by atoms with van der Waals surface area (Å²) >= 11 is 0. The maximum Gasteiger partial charge on any atom is 0.253 e. The third kappa shape index (κ3) is 7.09. The lowest BCUT2D eigenvalue weighted by molar-refractivity contribution is 0.0909. The molecule has 0 saturated carbocycles. The molecule has 8 nitrogen and oxygen atoms in total. The van der Waals surface area contributed by atoms with Crippen molar-refractivity contribution >= 4 is 33.8 Å². The van der Waals surface area contributed by atoms with Crippen LogP contribution in [0.3, 0.4) is 0 Å². The molecule has 41 heavy (non-hydrogen) atoms. The summed E-state index contributed by atoms with van der Waals surface area (Å²) in [6.07, 6.45) is 3.34. The van der Waals surface area contributed by atoms with Gasteiger partial charge in [0.2, 0.25) is 9.84 Å². The molecule has 0 bridgehead atoms. The van der Waals surface area contributed by atoms with Gasteiger partial charge in [0, 0.05) is 11.1 Å². The van der Waals surface area contributed by atoms with Gasteiger partial charge < -0.3 is 20.1 Å². The van der Waals surface area contributed by atoms with Gasteiger partial charge in [-0.15, -0.1) is 0 Å². The lowest BCUT2D eigenvalue weighted by Crippen LogP contribution is -2.28. The Morgan fingerprint density at radius 2 is 0.976 bits per heavy atom. The molecule has 2 N–H and O–H groups in total. The van der Waals surface area contributed by atoms with Crippen molar-refractivity contribution in [3.8, 4) is 11.5 Å². The Hall–Kier alpha value is -5.15. The fourth-order valence-corrected chi connectivity index (χ4v) is 5.34. The standard InChI is InChI=1S/C32H28N2O6S/c1-3-23-13-17-25(18-14-23)31(35)33-21-39-27-9-5-7-11-29(27)41(37,38)30-12-8-6-10-28(30)40-22-34-32(36)26-19-15-24(4-2)16-20-26/h3-20H,1-2,21-22H2,(H,33,35)(H,34,36). The summed E-state index contributed by atoms with van der Waals surface area (Å²) in [6.45, 7) is 6.86. The van der Waals surface area contributed by atoms with Gasteiger partial charge in [0.1, 0.15) is 21.3 Å². The van der Waals surface area contributed by atoms with Gasteiger partial charge in [-0.25, -0.2) is 8.42 Å². The van der Waals surface area contributed by atoms with Gasteiger partial charge in [0.05, 0.1) is 0 Å². The Labute approximate surface area is 238 Å². The third-order valence-corrected chi connectivity index (χ3v) is 7.85. The van der Waals surface area contributed by atoms with Gasteiger partial charge in [0.15, 0.2) is 13.5 Å². The first-order valence-electron chi connectivity index (χ1n) is 12.5. The highest BCUT2D eigenvalue weighted by molar-refractivity contribution is 7.91. The minimum absolute atomic E-state index is 0.0564. The molecule has 4 aromatic carbocycles. The molecule has 4 aromatic rings. The van der Waals surface area contributed by atoms with E-state index in [4.69, 9.17) is 9.47 Å². The zero-order chi connectivity index (χ0) is 29.2. The van der Waals surface area contributed by atoms with Crippen LogP contribution in [0.25, 0.3) is 12.2 Å². The van der Waals surface area contributed by atoms with E-state index < -0.39 is 9.84 Å². The number of ether oxygens (including phenoxy) is 2. The molecular weight excluding hydrogens is 540 g/mol. The number of rotatable bonds is 12. The van der Waals surface area contributed by atoms with Gasteiger partial charge in [-0.05, 0) is 59.7 Å². The molecule has 2 amide bonds. The SMILES string of the molecule is C=Cc1ccc(C(=O)NCOc2ccccc2S(=O)(=O)c2ccccc2OCNC(=O)c2ccc(C=C)cc2)cc1. The second kappa shape index (κ2) is 13.3. The number of carbonyl (C=O) groups is 2. The maximum absolute atomic E-state index is 13.7. The Balaban J connectivity index is 1.44. The first-order valence-corrected chi connectivity index (χ1v) is 14.0. The van der Waals surface area contributed by atoms with Crippen LogP contribution in [0.15, 0.2) is 120 Å². The highest BCUT2D eigenvalue weighted by atomic mass is 32.2. The van der Waals surface area contributed by atoms with Crippen LogP contribution >= 0.6 is 0 Å². The van der Waals surface area contributed by atoms with E-state index in [1.54, 1.807) is 84.9 Å². The van der Waals surface area contributed by atoms with Crippen LogP contribution in [-0.2, 0) is 9.84 Å². The number of nitrogens with one attached hydrogen (secondary N) is 2. The van der Waals surface area contributed by atoms with E-state index in [1.165, 1.54) is 24.3 Å². The molecule has 0 spiro atoms. The molecule has 0 aliphatic carbocycles. The molecule has 0 aliphatic rings. The van der Waals surface area contributed by atoms with Gasteiger partial charge in [-0.1, -0.05) is 73.8 Å². The van der Waals surface area contributed by atoms with Gasteiger partial charge in [0.25, 0.3) is 11.8 Å². The fraction of sp³-hybridized carbons (Fsp3) is 0.0625. The Kier molecular flexibility index (Phi) is 9.34. The molecule has 208 valence electrons. The predicted molar refractivity (Wildman–Crippen MR) is 157 cm³/mol. The highest BCUT2D eigenvalue weighted by Crippen LogP contribution is 2.34. The zero-order valence-electron chi connectivity index (χ0n) is 22.1. The van der Waals surface area contributed by atoms with Crippen molar-refractivity contribution in [1.82, 2.24) is 10.6 Å². The van der Waals surface area contributed by atoms with E-state index in [0.717, 1.165) is 11.1 Å². The summed E-state index contributed by atoms with van der Waals surface area (Å²) in [5.74, 6) is -0.640. The first-order chi connectivity index (χ1) is 19.8. The van der Waals surface area contributed by atoms with Crippen LogP contribution in [0.1, 0.15) is 31.8 Å². The van der Waals surface area contributed by atoms with Gasteiger partial charge >= 0.3 is 0 Å². The molecule has 0 saturated heterocycles. The average molecular weight is 569 g/mol. The molecule has 4 rings (SSSR count). The molecule has 9 heteroatoms. The average Bonchev–Trinajstić information content (AvgIpc) is 3.01. The fourth-order valence-electron chi connectivity index (χ4n) is 3.81. The summed E-state index contributed by atoms with van der Waals surface area (Å²) < 4.78 is 38.7. The normalized spacial score (nSPS) is 10.7. The number of benzene rings is 4. The number of amides is 2. The molecule has 0 aromatic heterocycles. The largest absolute Gasteiger partial charge is 0.472 e. The van der Waals surface area contributed by atoms with Crippen LogP contribution in [0.5, 0.6) is 11.5 Å². The molecule has 0 heterocycles. The number of hydrogen-bond acceptors (Lipinski definition) is 6.